The van der Waals surface area contributed by atoms with Crippen LogP contribution in [0.4, 0.5) is 0 Å². The third-order valence-electron chi connectivity index (χ3n) is 12.6. The van der Waals surface area contributed by atoms with Gasteiger partial charge >= 0.3 is 19.8 Å². The number of rotatable bonds is 54. The molecular weight excluding hydrogens is 902 g/mol. The van der Waals surface area contributed by atoms with Crippen LogP contribution in [0.3, 0.4) is 0 Å². The number of carbonyl (C=O) groups is 3. The Morgan fingerprint density at radius 1 is 0.457 bits per heavy atom. The molecule has 0 radical (unpaired) electrons. The van der Waals surface area contributed by atoms with Crippen LogP contribution in [0.15, 0.2) is 48.6 Å². The van der Waals surface area contributed by atoms with Crippen molar-refractivity contribution in [2.45, 2.75) is 283 Å². The fourth-order valence-corrected chi connectivity index (χ4v) is 8.92. The van der Waals surface area contributed by atoms with Crippen molar-refractivity contribution >= 4 is 25.7 Å². The number of aliphatic carboxylic acids is 1. The molecule has 1 amide bonds. The standard InChI is InChI=1S/C58H106NO10P/c1-3-5-7-9-11-13-15-17-19-21-23-25-27-29-31-33-35-37-39-41-43-45-47-49-56(61)59-55(58(63)64)53-69-70(65,66)68-52-54(60)51-67-57(62)50-48-46-44-42-40-38-36-34-32-30-28-26-24-22-20-18-16-14-12-10-8-6-4-2/h11-14,17-20,54-55,60H,3-10,15-16,21-53H2,1-2H3,(H,59,61)(H,63,64)(H,65,66)/b13-11-,14-12-,19-17-,20-18-. The van der Waals surface area contributed by atoms with Gasteiger partial charge in [0.1, 0.15) is 12.7 Å². The van der Waals surface area contributed by atoms with Gasteiger partial charge in [0.25, 0.3) is 0 Å². The van der Waals surface area contributed by atoms with Crippen molar-refractivity contribution in [3.63, 3.8) is 0 Å². The molecule has 12 heteroatoms. The van der Waals surface area contributed by atoms with E-state index in [1.165, 1.54) is 180 Å². The second kappa shape index (κ2) is 52.8. The van der Waals surface area contributed by atoms with Crippen LogP contribution >= 0.6 is 7.82 Å². The summed E-state index contributed by atoms with van der Waals surface area (Å²) in [5.41, 5.74) is 0. The summed E-state index contributed by atoms with van der Waals surface area (Å²) >= 11 is 0. The van der Waals surface area contributed by atoms with Gasteiger partial charge in [-0.2, -0.15) is 0 Å². The van der Waals surface area contributed by atoms with E-state index in [-0.39, 0.29) is 12.8 Å². The number of carboxylic acid groups (broad SMARTS) is 1. The van der Waals surface area contributed by atoms with Gasteiger partial charge in [0.05, 0.1) is 13.2 Å². The Kier molecular flexibility index (Phi) is 50.8. The van der Waals surface area contributed by atoms with Gasteiger partial charge in [-0.15, -0.1) is 0 Å². The minimum absolute atomic E-state index is 0.145. The Hall–Kier alpha value is -2.56. The lowest BCUT2D eigenvalue weighted by atomic mass is 10.0. The van der Waals surface area contributed by atoms with Crippen molar-refractivity contribution < 1.29 is 47.8 Å². The molecule has 0 saturated heterocycles. The first-order valence-corrected chi connectivity index (χ1v) is 30.2. The van der Waals surface area contributed by atoms with Gasteiger partial charge in [-0.05, 0) is 77.0 Å². The van der Waals surface area contributed by atoms with E-state index >= 15 is 0 Å². The molecule has 3 atom stereocenters. The molecule has 0 spiro atoms. The monoisotopic (exact) mass is 1010 g/mol. The normalized spacial score (nSPS) is 13.8. The van der Waals surface area contributed by atoms with Crippen LogP contribution in [0.5, 0.6) is 0 Å². The Labute approximate surface area is 428 Å². The number of unbranched alkanes of at least 4 members (excludes halogenated alkanes) is 32. The first-order valence-electron chi connectivity index (χ1n) is 28.7. The average Bonchev–Trinajstić information content (AvgIpc) is 3.34. The number of phosphoric acid groups is 1. The lowest BCUT2D eigenvalue weighted by Crippen LogP contribution is -2.43. The molecule has 0 aromatic rings. The summed E-state index contributed by atoms with van der Waals surface area (Å²) in [4.78, 5) is 46.3. The van der Waals surface area contributed by atoms with Crippen LogP contribution < -0.4 is 5.32 Å². The number of allylic oxidation sites excluding steroid dienone is 8. The number of aliphatic hydroxyl groups excluding tert-OH is 1. The molecule has 0 saturated carbocycles. The number of carbonyl (C=O) groups excluding carboxylic acids is 2. The highest BCUT2D eigenvalue weighted by molar-refractivity contribution is 7.47. The van der Waals surface area contributed by atoms with Crippen LogP contribution in [-0.4, -0.2) is 64.9 Å². The Bertz CT molecular complexity index is 1370. The number of esters is 1. The van der Waals surface area contributed by atoms with Gasteiger partial charge in [-0.1, -0.05) is 229 Å². The summed E-state index contributed by atoms with van der Waals surface area (Å²) in [6.45, 7) is 2.59. The molecule has 4 N–H and O–H groups in total. The zero-order valence-corrected chi connectivity index (χ0v) is 45.7. The summed E-state index contributed by atoms with van der Waals surface area (Å²) in [5, 5.41) is 22.0. The summed E-state index contributed by atoms with van der Waals surface area (Å²) in [7, 11) is -4.77. The molecule has 0 bridgehead atoms. The molecule has 0 rings (SSSR count). The summed E-state index contributed by atoms with van der Waals surface area (Å²) < 4.78 is 27.0. The van der Waals surface area contributed by atoms with E-state index in [9.17, 15) is 34.1 Å². The molecule has 0 aliphatic heterocycles. The quantitative estimate of drug-likeness (QED) is 0.0199. The molecule has 0 aromatic carbocycles. The third-order valence-corrected chi connectivity index (χ3v) is 13.5. The second-order valence-corrected chi connectivity index (χ2v) is 20.9. The predicted octanol–water partition coefficient (Wildman–Crippen LogP) is 16.5. The number of nitrogens with one attached hydrogen (secondary N) is 1. The van der Waals surface area contributed by atoms with Gasteiger partial charge in [0.15, 0.2) is 6.04 Å². The topological polar surface area (TPSA) is 169 Å². The SMILES string of the molecule is CCCCC/C=C\C/C=C\CCCCCCCCCCCCCCCC(=O)NC(COP(=O)(O)OCC(O)COC(=O)CCCCCCCCCCCCCCC/C=C\C/C=C\CCCCC)C(=O)O. The summed E-state index contributed by atoms with van der Waals surface area (Å²) in [6.07, 6.45) is 62.7. The fourth-order valence-electron chi connectivity index (χ4n) is 8.14. The fraction of sp³-hybridized carbons (Fsp3) is 0.810. The maximum Gasteiger partial charge on any atom is 0.472 e. The van der Waals surface area contributed by atoms with E-state index < -0.39 is 57.6 Å². The van der Waals surface area contributed by atoms with Crippen molar-refractivity contribution in [2.24, 2.45) is 0 Å². The zero-order valence-electron chi connectivity index (χ0n) is 44.8. The molecule has 0 aliphatic rings. The molecule has 0 heterocycles. The van der Waals surface area contributed by atoms with Crippen molar-refractivity contribution in [2.75, 3.05) is 19.8 Å². The van der Waals surface area contributed by atoms with E-state index in [2.05, 4.69) is 67.8 Å². The Morgan fingerprint density at radius 3 is 1.16 bits per heavy atom. The number of aliphatic hydroxyl groups is 1. The lowest BCUT2D eigenvalue weighted by molar-refractivity contribution is -0.147. The van der Waals surface area contributed by atoms with Crippen LogP contribution in [0.2, 0.25) is 0 Å². The number of ether oxygens (including phenoxy) is 1. The van der Waals surface area contributed by atoms with E-state index in [0.29, 0.717) is 12.8 Å². The molecule has 408 valence electrons. The largest absolute Gasteiger partial charge is 0.480 e. The van der Waals surface area contributed by atoms with Crippen molar-refractivity contribution in [1.29, 1.82) is 0 Å². The van der Waals surface area contributed by atoms with Gasteiger partial charge in [0.2, 0.25) is 5.91 Å². The predicted molar refractivity (Wildman–Crippen MR) is 291 cm³/mol. The average molecular weight is 1010 g/mol. The molecule has 11 nitrogen and oxygen atoms in total. The first-order chi connectivity index (χ1) is 34.1. The number of carboxylic acids is 1. The van der Waals surface area contributed by atoms with Crippen LogP contribution in [0.1, 0.15) is 271 Å². The molecule has 3 unspecified atom stereocenters. The zero-order chi connectivity index (χ0) is 51.3. The number of amides is 1. The number of phosphoric ester groups is 1. The minimum atomic E-state index is -4.77. The Morgan fingerprint density at radius 2 is 0.786 bits per heavy atom. The van der Waals surface area contributed by atoms with Crippen LogP contribution in [0, 0.1) is 0 Å². The highest BCUT2D eigenvalue weighted by atomic mass is 31.2. The lowest BCUT2D eigenvalue weighted by Gasteiger charge is -2.18. The number of hydrogen-bond acceptors (Lipinski definition) is 8. The van der Waals surface area contributed by atoms with Gasteiger partial charge in [-0.25, -0.2) is 9.36 Å². The maximum absolute atomic E-state index is 12.4. The minimum Gasteiger partial charge on any atom is -0.480 e. The highest BCUT2D eigenvalue weighted by Crippen LogP contribution is 2.43. The Balaban J connectivity index is 3.76. The number of hydrogen-bond donors (Lipinski definition) is 4. The van der Waals surface area contributed by atoms with E-state index in [1.54, 1.807) is 0 Å². The van der Waals surface area contributed by atoms with E-state index in [1.807, 2.05) is 0 Å². The van der Waals surface area contributed by atoms with Gasteiger partial charge in [-0.3, -0.25) is 18.6 Å². The van der Waals surface area contributed by atoms with E-state index in [0.717, 1.165) is 51.4 Å². The smallest absolute Gasteiger partial charge is 0.472 e. The van der Waals surface area contributed by atoms with Gasteiger partial charge in [0, 0.05) is 12.8 Å². The van der Waals surface area contributed by atoms with Crippen molar-refractivity contribution in [1.82, 2.24) is 5.32 Å². The van der Waals surface area contributed by atoms with Gasteiger partial charge < -0.3 is 25.2 Å². The molecule has 70 heavy (non-hydrogen) atoms. The molecule has 0 fully saturated rings. The van der Waals surface area contributed by atoms with Crippen LogP contribution in [-0.2, 0) is 32.7 Å². The summed E-state index contributed by atoms with van der Waals surface area (Å²) in [6, 6.07) is -1.55. The molecule has 0 aromatic heterocycles. The van der Waals surface area contributed by atoms with Crippen LogP contribution in [0.25, 0.3) is 0 Å². The first kappa shape index (κ1) is 67.4. The third kappa shape index (κ3) is 51.8. The van der Waals surface area contributed by atoms with E-state index in [4.69, 9.17) is 13.8 Å². The maximum atomic E-state index is 12.4. The highest BCUT2D eigenvalue weighted by Gasteiger charge is 2.28. The van der Waals surface area contributed by atoms with Crippen molar-refractivity contribution in [3.05, 3.63) is 48.6 Å². The summed E-state index contributed by atoms with van der Waals surface area (Å²) in [5.74, 6) is -2.36. The molecular formula is C58H106NO10P. The second-order valence-electron chi connectivity index (χ2n) is 19.5. The molecule has 0 aliphatic carbocycles. The van der Waals surface area contributed by atoms with Crippen molar-refractivity contribution in [3.8, 4) is 0 Å².